The number of nitrogens with zero attached hydrogens (tertiary/aromatic N) is 3. The standard InChI is InChI=1S/C12H18N4O2/c1-8-3-4-9(2)15(7-8)12-10(16(17)18)5-6-11(13)14-12/h5-6,8-9H,3-4,7H2,1-2H3,(H2,13,14). The van der Waals surface area contributed by atoms with E-state index in [1.807, 2.05) is 4.90 Å². The molecular weight excluding hydrogens is 232 g/mol. The minimum Gasteiger partial charge on any atom is -0.384 e. The molecule has 1 aromatic rings. The third kappa shape index (κ3) is 2.37. The van der Waals surface area contributed by atoms with Gasteiger partial charge in [-0.05, 0) is 31.7 Å². The first-order chi connectivity index (χ1) is 8.49. The van der Waals surface area contributed by atoms with Crippen molar-refractivity contribution in [2.24, 2.45) is 5.92 Å². The summed E-state index contributed by atoms with van der Waals surface area (Å²) in [5.41, 5.74) is 5.69. The molecular formula is C12H18N4O2. The first-order valence-corrected chi connectivity index (χ1v) is 6.16. The van der Waals surface area contributed by atoms with Crippen LogP contribution in [0.25, 0.3) is 0 Å². The lowest BCUT2D eigenvalue weighted by molar-refractivity contribution is -0.384. The Morgan fingerprint density at radius 1 is 1.44 bits per heavy atom. The average Bonchev–Trinajstić information content (AvgIpc) is 2.31. The van der Waals surface area contributed by atoms with Crippen molar-refractivity contribution in [3.63, 3.8) is 0 Å². The summed E-state index contributed by atoms with van der Waals surface area (Å²) in [7, 11) is 0. The molecule has 98 valence electrons. The zero-order valence-corrected chi connectivity index (χ0v) is 10.7. The van der Waals surface area contributed by atoms with E-state index in [-0.39, 0.29) is 11.7 Å². The van der Waals surface area contributed by atoms with Gasteiger partial charge in [0.05, 0.1) is 4.92 Å². The van der Waals surface area contributed by atoms with E-state index in [0.717, 1.165) is 19.4 Å². The second-order valence-electron chi connectivity index (χ2n) is 5.02. The van der Waals surface area contributed by atoms with Crippen molar-refractivity contribution in [3.05, 3.63) is 22.2 Å². The maximum absolute atomic E-state index is 11.1. The summed E-state index contributed by atoms with van der Waals surface area (Å²) < 4.78 is 0. The third-order valence-corrected chi connectivity index (χ3v) is 3.46. The van der Waals surface area contributed by atoms with Crippen LogP contribution in [0.5, 0.6) is 0 Å². The lowest BCUT2D eigenvalue weighted by Gasteiger charge is -2.37. The van der Waals surface area contributed by atoms with Crippen LogP contribution in [-0.2, 0) is 0 Å². The monoisotopic (exact) mass is 250 g/mol. The second kappa shape index (κ2) is 4.80. The molecule has 0 amide bonds. The van der Waals surface area contributed by atoms with Crippen LogP contribution in [-0.4, -0.2) is 22.5 Å². The number of piperidine rings is 1. The molecule has 6 nitrogen and oxygen atoms in total. The van der Waals surface area contributed by atoms with Gasteiger partial charge in [-0.25, -0.2) is 4.98 Å². The van der Waals surface area contributed by atoms with Crippen LogP contribution in [0, 0.1) is 16.0 Å². The molecule has 1 saturated heterocycles. The van der Waals surface area contributed by atoms with Crippen LogP contribution in [0.1, 0.15) is 26.7 Å². The summed E-state index contributed by atoms with van der Waals surface area (Å²) in [6.07, 6.45) is 2.17. The van der Waals surface area contributed by atoms with Gasteiger partial charge in [-0.15, -0.1) is 0 Å². The number of anilines is 2. The number of nitrogen functional groups attached to an aromatic ring is 1. The van der Waals surface area contributed by atoms with E-state index in [4.69, 9.17) is 5.73 Å². The van der Waals surface area contributed by atoms with Crippen molar-refractivity contribution in [2.45, 2.75) is 32.7 Å². The molecule has 18 heavy (non-hydrogen) atoms. The zero-order valence-electron chi connectivity index (χ0n) is 10.7. The van der Waals surface area contributed by atoms with Crippen LogP contribution < -0.4 is 10.6 Å². The van der Waals surface area contributed by atoms with E-state index in [9.17, 15) is 10.1 Å². The van der Waals surface area contributed by atoms with Gasteiger partial charge in [0.15, 0.2) is 0 Å². The van der Waals surface area contributed by atoms with Gasteiger partial charge >= 0.3 is 5.69 Å². The van der Waals surface area contributed by atoms with Gasteiger partial charge in [0.2, 0.25) is 5.82 Å². The van der Waals surface area contributed by atoms with Crippen molar-refractivity contribution in [2.75, 3.05) is 17.2 Å². The van der Waals surface area contributed by atoms with Crippen LogP contribution in [0.15, 0.2) is 12.1 Å². The van der Waals surface area contributed by atoms with Gasteiger partial charge < -0.3 is 10.6 Å². The predicted molar refractivity (Wildman–Crippen MR) is 70.5 cm³/mol. The van der Waals surface area contributed by atoms with Crippen molar-refractivity contribution in [1.82, 2.24) is 4.98 Å². The molecule has 0 radical (unpaired) electrons. The van der Waals surface area contributed by atoms with Gasteiger partial charge in [-0.3, -0.25) is 10.1 Å². The summed E-state index contributed by atoms with van der Waals surface area (Å²) >= 11 is 0. The number of hydrogen-bond acceptors (Lipinski definition) is 5. The summed E-state index contributed by atoms with van der Waals surface area (Å²) in [4.78, 5) is 16.8. The Hall–Kier alpha value is -1.85. The number of hydrogen-bond donors (Lipinski definition) is 1. The second-order valence-corrected chi connectivity index (χ2v) is 5.02. The molecule has 0 aliphatic carbocycles. The first-order valence-electron chi connectivity index (χ1n) is 6.16. The fourth-order valence-electron chi connectivity index (χ4n) is 2.39. The Kier molecular flexibility index (Phi) is 3.36. The molecule has 1 aliphatic rings. The van der Waals surface area contributed by atoms with Gasteiger partial charge in [0.1, 0.15) is 5.82 Å². The molecule has 1 aromatic heterocycles. The molecule has 0 spiro atoms. The van der Waals surface area contributed by atoms with Crippen molar-refractivity contribution < 1.29 is 4.92 Å². The molecule has 1 fully saturated rings. The highest BCUT2D eigenvalue weighted by atomic mass is 16.6. The lowest BCUT2D eigenvalue weighted by atomic mass is 9.95. The number of nitro groups is 1. The highest BCUT2D eigenvalue weighted by Gasteiger charge is 2.29. The summed E-state index contributed by atoms with van der Waals surface area (Å²) in [5, 5.41) is 11.1. The average molecular weight is 250 g/mol. The topological polar surface area (TPSA) is 85.3 Å². The number of pyridine rings is 1. The SMILES string of the molecule is CC1CCC(C)N(c2nc(N)ccc2[N+](=O)[O-])C1. The Bertz CT molecular complexity index is 463. The van der Waals surface area contributed by atoms with E-state index in [1.165, 1.54) is 12.1 Å². The Morgan fingerprint density at radius 3 is 2.83 bits per heavy atom. The summed E-state index contributed by atoms with van der Waals surface area (Å²) in [6.45, 7) is 5.01. The Labute approximate surface area is 106 Å². The van der Waals surface area contributed by atoms with Crippen LogP contribution in [0.4, 0.5) is 17.3 Å². The molecule has 1 aliphatic heterocycles. The minimum absolute atomic E-state index is 0.0325. The van der Waals surface area contributed by atoms with Gasteiger partial charge in [-0.1, -0.05) is 6.92 Å². The molecule has 2 unspecified atom stereocenters. The van der Waals surface area contributed by atoms with Crippen molar-refractivity contribution in [1.29, 1.82) is 0 Å². The maximum Gasteiger partial charge on any atom is 0.311 e. The molecule has 0 bridgehead atoms. The van der Waals surface area contributed by atoms with Crippen molar-refractivity contribution >= 4 is 17.3 Å². The van der Waals surface area contributed by atoms with Crippen LogP contribution in [0.2, 0.25) is 0 Å². The zero-order chi connectivity index (χ0) is 13.3. The van der Waals surface area contributed by atoms with Crippen molar-refractivity contribution in [3.8, 4) is 0 Å². The smallest absolute Gasteiger partial charge is 0.311 e. The normalized spacial score (nSPS) is 24.0. The molecule has 2 N–H and O–H groups in total. The Balaban J connectivity index is 2.41. The fraction of sp³-hybridized carbons (Fsp3) is 0.583. The molecule has 0 aromatic carbocycles. The number of nitrogens with two attached hydrogens (primary N) is 1. The van der Waals surface area contributed by atoms with Gasteiger partial charge in [0.25, 0.3) is 0 Å². The highest BCUT2D eigenvalue weighted by Crippen LogP contribution is 2.33. The number of rotatable bonds is 2. The first kappa shape index (κ1) is 12.6. The molecule has 2 atom stereocenters. The van der Waals surface area contributed by atoms with Gasteiger partial charge in [-0.2, -0.15) is 0 Å². The van der Waals surface area contributed by atoms with E-state index >= 15 is 0 Å². The Morgan fingerprint density at radius 2 is 2.17 bits per heavy atom. The quantitative estimate of drug-likeness (QED) is 0.642. The van der Waals surface area contributed by atoms with Crippen LogP contribution in [0.3, 0.4) is 0 Å². The lowest BCUT2D eigenvalue weighted by Crippen LogP contribution is -2.42. The molecule has 2 heterocycles. The molecule has 6 heteroatoms. The van der Waals surface area contributed by atoms with E-state index in [2.05, 4.69) is 18.8 Å². The molecule has 0 saturated carbocycles. The maximum atomic E-state index is 11.1. The largest absolute Gasteiger partial charge is 0.384 e. The van der Waals surface area contributed by atoms with Crippen LogP contribution >= 0.6 is 0 Å². The minimum atomic E-state index is -0.395. The van der Waals surface area contributed by atoms with E-state index in [0.29, 0.717) is 17.6 Å². The number of aromatic nitrogens is 1. The fourth-order valence-corrected chi connectivity index (χ4v) is 2.39. The molecule has 2 rings (SSSR count). The van der Waals surface area contributed by atoms with E-state index < -0.39 is 4.92 Å². The summed E-state index contributed by atoms with van der Waals surface area (Å²) in [5.74, 6) is 1.24. The summed E-state index contributed by atoms with van der Waals surface area (Å²) in [6, 6.07) is 3.16. The third-order valence-electron chi connectivity index (χ3n) is 3.46. The van der Waals surface area contributed by atoms with Gasteiger partial charge in [0, 0.05) is 18.7 Å². The highest BCUT2D eigenvalue weighted by molar-refractivity contribution is 5.61. The van der Waals surface area contributed by atoms with E-state index in [1.54, 1.807) is 0 Å². The predicted octanol–water partition coefficient (Wildman–Crippen LogP) is 2.20.